The van der Waals surface area contributed by atoms with Crippen LogP contribution in [-0.4, -0.2) is 0 Å². The molecule has 0 aromatic heterocycles. The van der Waals surface area contributed by atoms with Crippen molar-refractivity contribution in [2.24, 2.45) is 0 Å². The van der Waals surface area contributed by atoms with Crippen LogP contribution in [0.5, 0.6) is 0 Å². The lowest BCUT2D eigenvalue weighted by molar-refractivity contribution is 0.560. The molecule has 2 aromatic rings. The summed E-state index contributed by atoms with van der Waals surface area (Å²) in [4.78, 5) is 0. The van der Waals surface area contributed by atoms with E-state index in [0.717, 1.165) is 11.6 Å². The van der Waals surface area contributed by atoms with Gasteiger partial charge in [-0.2, -0.15) is 0 Å². The number of benzene rings is 2. The van der Waals surface area contributed by atoms with E-state index in [4.69, 9.17) is 0 Å². The minimum absolute atomic E-state index is 0.387. The first-order valence-electron chi connectivity index (χ1n) is 6.79. The summed E-state index contributed by atoms with van der Waals surface area (Å²) in [5.74, 6) is -0.534. The van der Waals surface area contributed by atoms with Crippen molar-refractivity contribution in [3.8, 4) is 0 Å². The zero-order valence-corrected chi connectivity index (χ0v) is 11.8. The zero-order valence-electron chi connectivity index (χ0n) is 11.8. The standard InChI is InChI=1S/C17H19F2N/c1-12(2)14-5-3-13(4-6-14)10-20-11-15-7-8-16(18)9-17(15)19/h3-9,12,20H,10-11H2,1-2H3. The first kappa shape index (κ1) is 14.7. The van der Waals surface area contributed by atoms with Crippen LogP contribution in [-0.2, 0) is 13.1 Å². The molecule has 0 fully saturated rings. The predicted octanol–water partition coefficient (Wildman–Crippen LogP) is 4.38. The van der Waals surface area contributed by atoms with Crippen LogP contribution in [0.2, 0.25) is 0 Å². The van der Waals surface area contributed by atoms with Gasteiger partial charge in [0.2, 0.25) is 0 Å². The first-order chi connectivity index (χ1) is 9.56. The summed E-state index contributed by atoms with van der Waals surface area (Å²) in [6.07, 6.45) is 0. The van der Waals surface area contributed by atoms with Gasteiger partial charge in [0, 0.05) is 24.7 Å². The summed E-state index contributed by atoms with van der Waals surface area (Å²) in [5, 5.41) is 3.16. The van der Waals surface area contributed by atoms with Gasteiger partial charge in [0.15, 0.2) is 0 Å². The summed E-state index contributed by atoms with van der Waals surface area (Å²) in [5.41, 5.74) is 2.93. The Bertz CT molecular complexity index is 562. The molecule has 1 nitrogen and oxygen atoms in total. The molecule has 0 saturated carbocycles. The minimum atomic E-state index is -0.546. The third-order valence-corrected chi connectivity index (χ3v) is 3.31. The van der Waals surface area contributed by atoms with Gasteiger partial charge in [-0.05, 0) is 23.1 Å². The molecule has 0 amide bonds. The highest BCUT2D eigenvalue weighted by Gasteiger charge is 2.03. The summed E-state index contributed by atoms with van der Waals surface area (Å²) in [7, 11) is 0. The third-order valence-electron chi connectivity index (χ3n) is 3.31. The maximum Gasteiger partial charge on any atom is 0.130 e. The van der Waals surface area contributed by atoms with Gasteiger partial charge in [-0.15, -0.1) is 0 Å². The van der Waals surface area contributed by atoms with Crippen LogP contribution in [0.15, 0.2) is 42.5 Å². The van der Waals surface area contributed by atoms with Crippen LogP contribution in [0.4, 0.5) is 8.78 Å². The Hall–Kier alpha value is -1.74. The maximum atomic E-state index is 13.4. The highest BCUT2D eigenvalue weighted by Crippen LogP contribution is 2.15. The molecule has 2 aromatic carbocycles. The van der Waals surface area contributed by atoms with E-state index in [1.54, 1.807) is 0 Å². The van der Waals surface area contributed by atoms with Crippen molar-refractivity contribution in [3.05, 3.63) is 70.8 Å². The Labute approximate surface area is 118 Å². The van der Waals surface area contributed by atoms with Gasteiger partial charge in [-0.3, -0.25) is 0 Å². The van der Waals surface area contributed by atoms with Crippen LogP contribution in [0.25, 0.3) is 0 Å². The van der Waals surface area contributed by atoms with Crippen LogP contribution >= 0.6 is 0 Å². The molecular weight excluding hydrogens is 256 g/mol. The molecule has 3 heteroatoms. The van der Waals surface area contributed by atoms with Gasteiger partial charge in [-0.25, -0.2) is 8.78 Å². The highest BCUT2D eigenvalue weighted by molar-refractivity contribution is 5.25. The molecule has 0 spiro atoms. The molecule has 0 aliphatic carbocycles. The van der Waals surface area contributed by atoms with Crippen molar-refractivity contribution in [3.63, 3.8) is 0 Å². The normalized spacial score (nSPS) is 11.1. The quantitative estimate of drug-likeness (QED) is 0.854. The van der Waals surface area contributed by atoms with Crippen molar-refractivity contribution in [1.82, 2.24) is 5.32 Å². The second-order valence-corrected chi connectivity index (χ2v) is 5.24. The van der Waals surface area contributed by atoms with Gasteiger partial charge in [0.25, 0.3) is 0 Å². The summed E-state index contributed by atoms with van der Waals surface area (Å²) >= 11 is 0. The van der Waals surface area contributed by atoms with Gasteiger partial charge < -0.3 is 5.32 Å². The van der Waals surface area contributed by atoms with Crippen LogP contribution < -0.4 is 5.32 Å². The maximum absolute atomic E-state index is 13.4. The Kier molecular flexibility index (Phi) is 4.85. The fourth-order valence-corrected chi connectivity index (χ4v) is 2.03. The van der Waals surface area contributed by atoms with Crippen molar-refractivity contribution < 1.29 is 8.78 Å². The van der Waals surface area contributed by atoms with E-state index in [1.165, 1.54) is 17.7 Å². The topological polar surface area (TPSA) is 12.0 Å². The fourth-order valence-electron chi connectivity index (χ4n) is 2.03. The zero-order chi connectivity index (χ0) is 14.5. The molecule has 106 valence electrons. The second kappa shape index (κ2) is 6.62. The van der Waals surface area contributed by atoms with Gasteiger partial charge in [0.05, 0.1) is 0 Å². The van der Waals surface area contributed by atoms with E-state index in [-0.39, 0.29) is 0 Å². The molecule has 20 heavy (non-hydrogen) atoms. The van der Waals surface area contributed by atoms with Gasteiger partial charge in [0.1, 0.15) is 11.6 Å². The van der Waals surface area contributed by atoms with Gasteiger partial charge >= 0.3 is 0 Å². The number of hydrogen-bond donors (Lipinski definition) is 1. The lowest BCUT2D eigenvalue weighted by Gasteiger charge is -2.09. The second-order valence-electron chi connectivity index (χ2n) is 5.24. The predicted molar refractivity (Wildman–Crippen MR) is 77.4 cm³/mol. The highest BCUT2D eigenvalue weighted by atomic mass is 19.1. The average Bonchev–Trinajstić information content (AvgIpc) is 2.42. The third kappa shape index (κ3) is 3.87. The Morgan fingerprint density at radius 2 is 1.65 bits per heavy atom. The molecule has 0 radical (unpaired) electrons. The first-order valence-corrected chi connectivity index (χ1v) is 6.79. The monoisotopic (exact) mass is 275 g/mol. The van der Waals surface area contributed by atoms with E-state index < -0.39 is 11.6 Å². The lowest BCUT2D eigenvalue weighted by atomic mass is 10.0. The van der Waals surface area contributed by atoms with Gasteiger partial charge in [-0.1, -0.05) is 44.2 Å². The molecular formula is C17H19F2N. The molecule has 2 rings (SSSR count). The van der Waals surface area contributed by atoms with E-state index in [9.17, 15) is 8.78 Å². The largest absolute Gasteiger partial charge is 0.309 e. The van der Waals surface area contributed by atoms with Crippen molar-refractivity contribution in [2.45, 2.75) is 32.9 Å². The Balaban J connectivity index is 1.89. The summed E-state index contributed by atoms with van der Waals surface area (Å²) < 4.78 is 26.2. The molecule has 0 saturated heterocycles. The average molecular weight is 275 g/mol. The smallest absolute Gasteiger partial charge is 0.130 e. The molecule has 1 N–H and O–H groups in total. The number of rotatable bonds is 5. The Morgan fingerprint density at radius 1 is 0.950 bits per heavy atom. The molecule has 0 aliphatic heterocycles. The van der Waals surface area contributed by atoms with E-state index in [1.807, 2.05) is 0 Å². The SMILES string of the molecule is CC(C)c1ccc(CNCc2ccc(F)cc2F)cc1. The molecule has 0 aliphatic rings. The minimum Gasteiger partial charge on any atom is -0.309 e. The van der Waals surface area contributed by atoms with Crippen LogP contribution in [0, 0.1) is 11.6 Å². The van der Waals surface area contributed by atoms with E-state index in [0.29, 0.717) is 24.6 Å². The summed E-state index contributed by atoms with van der Waals surface area (Å²) in [6, 6.07) is 12.0. The van der Waals surface area contributed by atoms with E-state index >= 15 is 0 Å². The van der Waals surface area contributed by atoms with Crippen molar-refractivity contribution in [1.29, 1.82) is 0 Å². The van der Waals surface area contributed by atoms with Crippen molar-refractivity contribution >= 4 is 0 Å². The van der Waals surface area contributed by atoms with Crippen molar-refractivity contribution in [2.75, 3.05) is 0 Å². The molecule has 0 heterocycles. The number of nitrogens with one attached hydrogen (secondary N) is 1. The lowest BCUT2D eigenvalue weighted by Crippen LogP contribution is -2.13. The molecule has 0 atom stereocenters. The van der Waals surface area contributed by atoms with Crippen LogP contribution in [0.1, 0.15) is 36.5 Å². The van der Waals surface area contributed by atoms with E-state index in [2.05, 4.69) is 43.4 Å². The van der Waals surface area contributed by atoms with Crippen LogP contribution in [0.3, 0.4) is 0 Å². The Morgan fingerprint density at radius 3 is 2.25 bits per heavy atom. The fraction of sp³-hybridized carbons (Fsp3) is 0.294. The number of hydrogen-bond acceptors (Lipinski definition) is 1. The molecule has 0 bridgehead atoms. The number of halogens is 2. The summed E-state index contributed by atoms with van der Waals surface area (Å²) in [6.45, 7) is 5.36. The molecule has 0 unspecified atom stereocenters.